The Balaban J connectivity index is 0.929. The third kappa shape index (κ3) is 8.62. The summed E-state index contributed by atoms with van der Waals surface area (Å²) in [5, 5.41) is 1.42. The van der Waals surface area contributed by atoms with E-state index in [0.717, 1.165) is 78.0 Å². The molecule has 0 spiro atoms. The zero-order valence-corrected chi connectivity index (χ0v) is 38.6. The van der Waals surface area contributed by atoms with E-state index in [1.165, 1.54) is 12.1 Å². The first-order valence-electron chi connectivity index (χ1n) is 26.6. The van der Waals surface area contributed by atoms with Crippen LogP contribution in [0.1, 0.15) is 41.9 Å². The largest absolute Gasteiger partial charge is 0.403 e. The molecule has 0 N–H and O–H groups in total. The molecule has 12 rings (SSSR count). The van der Waals surface area contributed by atoms with Crippen LogP contribution in [0.15, 0.2) is 207 Å². The molecular weight excluding hydrogens is 891 g/mol. The highest BCUT2D eigenvalue weighted by Crippen LogP contribution is 2.41. The number of benzene rings is 5. The zero-order chi connectivity index (χ0) is 53.7. The fourth-order valence-electron chi connectivity index (χ4n) is 9.61. The summed E-state index contributed by atoms with van der Waals surface area (Å²) in [4.78, 5) is 49.5. The van der Waals surface area contributed by atoms with Crippen LogP contribution < -0.4 is 11.3 Å². The standard InChI is InChI=1S/C63H45N5O4/c1-38-17-27-51-58-54(62(69)71-60(51)67-38)32-42(35-65-58)21-19-40-29-41(20-22-43-33-55-59(66-36-43)52-28-18-39(2)68-61(52)72-63(55)70)31-48(30-40)49-15-9-10-16-50(49)56-37-64-57(47-13-7-4-8-14-47)34-53(56)46-25-23-45(24-26-46)44-11-5-3-6-12-44/h3-18,23-37H,19-22H2,1-2H3/i1D3,2D3. The van der Waals surface area contributed by atoms with Crippen LogP contribution >= 0.6 is 0 Å². The Labute approximate surface area is 422 Å². The van der Waals surface area contributed by atoms with Gasteiger partial charge in [-0.15, -0.1) is 0 Å². The van der Waals surface area contributed by atoms with Crippen LogP contribution in [0.2, 0.25) is 0 Å². The number of pyridine rings is 5. The van der Waals surface area contributed by atoms with Gasteiger partial charge in [0.25, 0.3) is 0 Å². The molecule has 9 nitrogen and oxygen atoms in total. The maximum absolute atomic E-state index is 13.4. The van der Waals surface area contributed by atoms with Crippen molar-refractivity contribution in [1.29, 1.82) is 0 Å². The summed E-state index contributed by atoms with van der Waals surface area (Å²) in [6.07, 6.45) is 7.63. The number of aromatic nitrogens is 5. The molecule has 72 heavy (non-hydrogen) atoms. The maximum Gasteiger partial charge on any atom is 0.347 e. The van der Waals surface area contributed by atoms with Crippen molar-refractivity contribution in [1.82, 2.24) is 24.9 Å². The topological polar surface area (TPSA) is 125 Å². The minimum atomic E-state index is -2.47. The predicted octanol–water partition coefficient (Wildman–Crippen LogP) is 13.7. The second-order valence-electron chi connectivity index (χ2n) is 17.9. The van der Waals surface area contributed by atoms with Gasteiger partial charge < -0.3 is 8.83 Å². The summed E-state index contributed by atoms with van der Waals surface area (Å²) >= 11 is 0. The van der Waals surface area contributed by atoms with E-state index in [2.05, 4.69) is 94.9 Å². The summed E-state index contributed by atoms with van der Waals surface area (Å²) in [5.41, 5.74) is 12.7. The van der Waals surface area contributed by atoms with Crippen LogP contribution in [0.3, 0.4) is 0 Å². The summed E-state index contributed by atoms with van der Waals surface area (Å²) in [7, 11) is 0. The molecule has 0 amide bonds. The molecule has 0 bridgehead atoms. The van der Waals surface area contributed by atoms with Gasteiger partial charge in [0.1, 0.15) is 0 Å². The first-order chi connectivity index (χ1) is 37.7. The van der Waals surface area contributed by atoms with Gasteiger partial charge in [0, 0.05) is 49.3 Å². The second-order valence-corrected chi connectivity index (χ2v) is 17.9. The van der Waals surface area contributed by atoms with Crippen molar-refractivity contribution < 1.29 is 17.1 Å². The number of nitrogens with zero attached hydrogens (tertiary/aromatic N) is 5. The summed E-state index contributed by atoms with van der Waals surface area (Å²) < 4.78 is 57.8. The monoisotopic (exact) mass is 941 g/mol. The van der Waals surface area contributed by atoms with Crippen molar-refractivity contribution >= 4 is 44.0 Å². The molecule has 5 aromatic carbocycles. The van der Waals surface area contributed by atoms with Crippen molar-refractivity contribution in [3.05, 3.63) is 243 Å². The van der Waals surface area contributed by atoms with Gasteiger partial charge in [-0.1, -0.05) is 127 Å². The third-order valence-electron chi connectivity index (χ3n) is 13.2. The minimum Gasteiger partial charge on any atom is -0.403 e. The molecule has 346 valence electrons. The molecule has 0 saturated heterocycles. The Morgan fingerprint density at radius 1 is 0.389 bits per heavy atom. The van der Waals surface area contributed by atoms with E-state index in [4.69, 9.17) is 32.0 Å². The Kier molecular flexibility index (Phi) is 9.73. The molecule has 0 atom stereocenters. The Morgan fingerprint density at radius 3 is 1.46 bits per heavy atom. The highest BCUT2D eigenvalue weighted by Gasteiger charge is 2.18. The van der Waals surface area contributed by atoms with E-state index >= 15 is 0 Å². The molecule has 7 aromatic heterocycles. The lowest BCUT2D eigenvalue weighted by Gasteiger charge is -2.18. The fraction of sp³-hybridized carbons (Fsp3) is 0.0952. The number of hydrogen-bond donors (Lipinski definition) is 0. The molecule has 0 aliphatic carbocycles. The summed E-state index contributed by atoms with van der Waals surface area (Å²) in [6.45, 7) is -4.94. The lowest BCUT2D eigenvalue weighted by atomic mass is 9.87. The van der Waals surface area contributed by atoms with Gasteiger partial charge >= 0.3 is 11.3 Å². The van der Waals surface area contributed by atoms with Gasteiger partial charge in [0.05, 0.1) is 38.3 Å². The first-order valence-corrected chi connectivity index (χ1v) is 23.6. The summed E-state index contributed by atoms with van der Waals surface area (Å²) in [5.74, 6) is 0. The Bertz CT molecular complexity index is 4240. The van der Waals surface area contributed by atoms with Crippen molar-refractivity contribution in [3.8, 4) is 55.8 Å². The normalized spacial score (nSPS) is 13.1. The van der Waals surface area contributed by atoms with Gasteiger partial charge in [-0.3, -0.25) is 15.0 Å². The van der Waals surface area contributed by atoms with Gasteiger partial charge in [-0.25, -0.2) is 19.6 Å². The molecule has 0 unspecified atom stereocenters. The molecule has 12 aromatic rings. The van der Waals surface area contributed by atoms with Crippen molar-refractivity contribution in [2.75, 3.05) is 0 Å². The van der Waals surface area contributed by atoms with Gasteiger partial charge in [0.2, 0.25) is 11.4 Å². The zero-order valence-electron chi connectivity index (χ0n) is 44.6. The molecule has 0 aliphatic heterocycles. The lowest BCUT2D eigenvalue weighted by molar-refractivity contribution is 0.556. The van der Waals surface area contributed by atoms with Gasteiger partial charge in [0.15, 0.2) is 0 Å². The average molecular weight is 942 g/mol. The van der Waals surface area contributed by atoms with E-state index in [-0.39, 0.29) is 33.6 Å². The van der Waals surface area contributed by atoms with Crippen LogP contribution in [-0.4, -0.2) is 24.9 Å². The molecule has 0 fully saturated rings. The smallest absolute Gasteiger partial charge is 0.347 e. The SMILES string of the molecule is [2H]C([2H])([2H])c1ccc2c(n1)oc(=O)c1cc(CCc3cc(CCc4cnc5c(c4)c(=O)oc4nc(C([2H])([2H])[2H])ccc45)cc(-c4ccccc4-c4cnc(-c5ccccc5)cc4-c4ccc(-c5ccccc5)cc4)c3)cnc12. The molecule has 0 aliphatic rings. The van der Waals surface area contributed by atoms with Crippen LogP contribution in [-0.2, 0) is 25.7 Å². The second kappa shape index (κ2) is 18.6. The molecule has 7 heterocycles. The van der Waals surface area contributed by atoms with E-state index in [0.29, 0.717) is 47.5 Å². The quantitative estimate of drug-likeness (QED) is 0.117. The highest BCUT2D eigenvalue weighted by molar-refractivity contribution is 6.01. The predicted molar refractivity (Wildman–Crippen MR) is 287 cm³/mol. The highest BCUT2D eigenvalue weighted by atomic mass is 16.4. The van der Waals surface area contributed by atoms with Crippen molar-refractivity contribution in [2.24, 2.45) is 0 Å². The van der Waals surface area contributed by atoms with Crippen molar-refractivity contribution in [2.45, 2.75) is 39.4 Å². The molecule has 0 radical (unpaired) electrons. The Hall–Kier alpha value is -9.21. The maximum atomic E-state index is 13.4. The average Bonchev–Trinajstić information content (AvgIpc) is 3.48. The number of fused-ring (bicyclic) bond motifs is 6. The molecule has 0 saturated carbocycles. The van der Waals surface area contributed by atoms with E-state index in [9.17, 15) is 9.59 Å². The van der Waals surface area contributed by atoms with Crippen LogP contribution in [0, 0.1) is 13.7 Å². The minimum absolute atomic E-state index is 0.0814. The van der Waals surface area contributed by atoms with E-state index < -0.39 is 25.0 Å². The van der Waals surface area contributed by atoms with Gasteiger partial charge in [-0.2, -0.15) is 0 Å². The van der Waals surface area contributed by atoms with Crippen LogP contribution in [0.5, 0.6) is 0 Å². The lowest BCUT2D eigenvalue weighted by Crippen LogP contribution is -2.04. The third-order valence-corrected chi connectivity index (χ3v) is 13.2. The summed E-state index contributed by atoms with van der Waals surface area (Å²) in [6, 6.07) is 55.7. The van der Waals surface area contributed by atoms with E-state index in [1.54, 1.807) is 36.7 Å². The number of rotatable bonds is 11. The van der Waals surface area contributed by atoms with Crippen LogP contribution in [0.4, 0.5) is 0 Å². The number of hydrogen-bond acceptors (Lipinski definition) is 9. The van der Waals surface area contributed by atoms with Crippen molar-refractivity contribution in [3.63, 3.8) is 0 Å². The molecule has 9 heteroatoms. The van der Waals surface area contributed by atoms with Crippen LogP contribution in [0.25, 0.3) is 99.8 Å². The first kappa shape index (κ1) is 37.7. The van der Waals surface area contributed by atoms with Gasteiger partial charge in [-0.05, 0) is 143 Å². The fourth-order valence-corrected chi connectivity index (χ4v) is 9.61. The molecular formula is C63H45N5O4. The van der Waals surface area contributed by atoms with E-state index in [1.807, 2.05) is 54.7 Å². The Morgan fingerprint density at radius 2 is 0.889 bits per heavy atom. The number of aryl methyl sites for hydroxylation is 6.